The molecule has 0 unspecified atom stereocenters. The van der Waals surface area contributed by atoms with Gasteiger partial charge in [0.1, 0.15) is 12.3 Å². The minimum Gasteiger partial charge on any atom is -0.370 e. The van der Waals surface area contributed by atoms with E-state index in [0.29, 0.717) is 12.8 Å². The van der Waals surface area contributed by atoms with Gasteiger partial charge in [0, 0.05) is 0 Å². The van der Waals surface area contributed by atoms with Gasteiger partial charge in [0.05, 0.1) is 0 Å². The summed E-state index contributed by atoms with van der Waals surface area (Å²) in [6.45, 7) is 0. The quantitative estimate of drug-likeness (QED) is 0.370. The van der Waals surface area contributed by atoms with E-state index in [0.717, 1.165) is 0 Å². The molecule has 10 nitrogen and oxygen atoms in total. The second-order valence-corrected chi connectivity index (χ2v) is 4.14. The van der Waals surface area contributed by atoms with Gasteiger partial charge >= 0.3 is 0 Å². The van der Waals surface area contributed by atoms with Crippen molar-refractivity contribution < 1.29 is 9.59 Å². The van der Waals surface area contributed by atoms with E-state index >= 15 is 0 Å². The number of carbonyl (C=O) groups is 2. The maximum atomic E-state index is 11.2. The molecule has 2 amide bonds. The zero-order valence-electron chi connectivity index (χ0n) is 9.22. The van der Waals surface area contributed by atoms with Crippen molar-refractivity contribution in [2.24, 2.45) is 21.5 Å². The third-order valence-corrected chi connectivity index (χ3v) is 3.20. The molecule has 3 heterocycles. The topological polar surface area (TPSA) is 141 Å². The molecule has 18 heavy (non-hydrogen) atoms. The normalized spacial score (nSPS) is 36.9. The van der Waals surface area contributed by atoms with Gasteiger partial charge in [0.2, 0.25) is 12.8 Å². The average Bonchev–Trinajstić information content (AvgIpc) is 2.87. The van der Waals surface area contributed by atoms with E-state index in [1.54, 1.807) is 0 Å². The van der Waals surface area contributed by atoms with Gasteiger partial charge in [-0.2, -0.15) is 0 Å². The first-order valence-electron chi connectivity index (χ1n) is 5.31. The number of carbonyl (C=O) groups excluding carboxylic acids is 2. The average molecular weight is 252 g/mol. The molecule has 1 saturated heterocycles. The van der Waals surface area contributed by atoms with Gasteiger partial charge in [-0.25, -0.2) is 9.98 Å². The summed E-state index contributed by atoms with van der Waals surface area (Å²) in [6.07, 6.45) is -0.925. The number of nitrogens with two attached hydrogens (primary N) is 2. The minimum atomic E-state index is -0.592. The molecule has 3 aliphatic rings. The number of aliphatic imine (C=N–C) groups is 2. The Balaban J connectivity index is 2.01. The molecule has 3 aliphatic heterocycles. The van der Waals surface area contributed by atoms with E-state index in [4.69, 9.17) is 11.5 Å². The largest absolute Gasteiger partial charge is 0.370 e. The van der Waals surface area contributed by atoms with Crippen LogP contribution in [-0.2, 0) is 9.59 Å². The maximum Gasteiger partial charge on any atom is 0.213 e. The molecule has 96 valence electrons. The van der Waals surface area contributed by atoms with E-state index in [-0.39, 0.29) is 11.9 Å². The van der Waals surface area contributed by atoms with E-state index in [9.17, 15) is 9.59 Å². The lowest BCUT2D eigenvalue weighted by molar-refractivity contribution is -0.143. The highest BCUT2D eigenvalue weighted by Gasteiger charge is 2.52. The highest BCUT2D eigenvalue weighted by atomic mass is 16.1. The number of hydrogen-bond acceptors (Lipinski definition) is 8. The second kappa shape index (κ2) is 3.48. The fraction of sp³-hybridized carbons (Fsp3) is 0.500. The van der Waals surface area contributed by atoms with Crippen molar-refractivity contribution in [3.8, 4) is 0 Å². The Kier molecular flexibility index (Phi) is 2.06. The summed E-state index contributed by atoms with van der Waals surface area (Å²) in [7, 11) is 0. The van der Waals surface area contributed by atoms with Crippen LogP contribution in [0.25, 0.3) is 0 Å². The number of hydrogen-bond donors (Lipinski definition) is 4. The number of nitrogens with one attached hydrogen (secondary N) is 2. The van der Waals surface area contributed by atoms with Crippen LogP contribution in [-0.4, -0.2) is 59.2 Å². The van der Waals surface area contributed by atoms with Gasteiger partial charge in [-0.05, 0) is 0 Å². The first kappa shape index (κ1) is 10.6. The summed E-state index contributed by atoms with van der Waals surface area (Å²) in [6, 6.07) is 0. The lowest BCUT2D eigenvalue weighted by Crippen LogP contribution is -2.70. The first-order valence-corrected chi connectivity index (χ1v) is 5.31. The van der Waals surface area contributed by atoms with Crippen molar-refractivity contribution in [3.05, 3.63) is 0 Å². The Bertz CT molecular complexity index is 428. The molecule has 3 rings (SSSR count). The summed E-state index contributed by atoms with van der Waals surface area (Å²) in [4.78, 5) is 33.4. The van der Waals surface area contributed by atoms with Crippen LogP contribution in [0.2, 0.25) is 0 Å². The molecule has 1 fully saturated rings. The van der Waals surface area contributed by atoms with E-state index in [1.165, 1.54) is 9.80 Å². The van der Waals surface area contributed by atoms with Gasteiger partial charge in [0.15, 0.2) is 24.3 Å². The maximum absolute atomic E-state index is 11.2. The summed E-state index contributed by atoms with van der Waals surface area (Å²) >= 11 is 0. The number of amides is 2. The Hall–Kier alpha value is -2.52. The summed E-state index contributed by atoms with van der Waals surface area (Å²) in [5.74, 6) is 0.362. The number of piperazine rings is 1. The van der Waals surface area contributed by atoms with Gasteiger partial charge < -0.3 is 22.1 Å². The standard InChI is InChI=1S/C8H12N8O2/c9-7-11-3-5(13-7)16(2-18)6-4(15(3)1-17)12-8(10)14-6/h1-6H,(H3,9,11,13)(H3,10,12,14)/t3-,4+,5-,6+. The van der Waals surface area contributed by atoms with E-state index in [1.807, 2.05) is 0 Å². The molecule has 0 aromatic heterocycles. The van der Waals surface area contributed by atoms with Crippen LogP contribution in [0.5, 0.6) is 0 Å². The van der Waals surface area contributed by atoms with Gasteiger partial charge in [0.25, 0.3) is 0 Å². The number of guanidine groups is 2. The molecule has 0 bridgehead atoms. The Morgan fingerprint density at radius 2 is 1.39 bits per heavy atom. The van der Waals surface area contributed by atoms with E-state index < -0.39 is 24.7 Å². The van der Waals surface area contributed by atoms with Crippen LogP contribution < -0.4 is 22.1 Å². The van der Waals surface area contributed by atoms with Crippen molar-refractivity contribution in [1.82, 2.24) is 20.4 Å². The smallest absolute Gasteiger partial charge is 0.213 e. The zero-order chi connectivity index (χ0) is 12.9. The van der Waals surface area contributed by atoms with Crippen LogP contribution in [0.15, 0.2) is 9.98 Å². The highest BCUT2D eigenvalue weighted by molar-refractivity contribution is 5.83. The Morgan fingerprint density at radius 1 is 0.944 bits per heavy atom. The molecule has 4 atom stereocenters. The number of fused-ring (bicyclic) bond motifs is 2. The van der Waals surface area contributed by atoms with Crippen molar-refractivity contribution >= 4 is 24.7 Å². The Labute approximate surface area is 102 Å². The first-order chi connectivity index (χ1) is 8.65. The van der Waals surface area contributed by atoms with Crippen molar-refractivity contribution in [1.29, 1.82) is 0 Å². The molecule has 0 saturated carbocycles. The lowest BCUT2D eigenvalue weighted by atomic mass is 10.1. The van der Waals surface area contributed by atoms with Crippen molar-refractivity contribution in [2.75, 3.05) is 0 Å². The third-order valence-electron chi connectivity index (χ3n) is 3.20. The van der Waals surface area contributed by atoms with Crippen LogP contribution in [0.4, 0.5) is 0 Å². The summed E-state index contributed by atoms with van der Waals surface area (Å²) in [5, 5.41) is 5.68. The fourth-order valence-electron chi connectivity index (χ4n) is 2.45. The molecule has 6 N–H and O–H groups in total. The zero-order valence-corrected chi connectivity index (χ0v) is 9.22. The molecule has 10 heteroatoms. The van der Waals surface area contributed by atoms with Crippen molar-refractivity contribution in [2.45, 2.75) is 24.7 Å². The molecule has 0 aliphatic carbocycles. The Morgan fingerprint density at radius 3 is 1.78 bits per heavy atom. The molecular formula is C8H12N8O2. The summed E-state index contributed by atoms with van der Waals surface area (Å²) < 4.78 is 0. The van der Waals surface area contributed by atoms with Crippen LogP contribution in [0, 0.1) is 0 Å². The summed E-state index contributed by atoms with van der Waals surface area (Å²) in [5.41, 5.74) is 11.2. The number of rotatable bonds is 2. The predicted molar refractivity (Wildman–Crippen MR) is 60.5 cm³/mol. The minimum absolute atomic E-state index is 0.181. The fourth-order valence-corrected chi connectivity index (χ4v) is 2.45. The van der Waals surface area contributed by atoms with E-state index in [2.05, 4.69) is 20.6 Å². The third kappa shape index (κ3) is 1.22. The van der Waals surface area contributed by atoms with Gasteiger partial charge in [-0.1, -0.05) is 0 Å². The lowest BCUT2D eigenvalue weighted by Gasteiger charge is -2.45. The van der Waals surface area contributed by atoms with Gasteiger partial charge in [-0.3, -0.25) is 19.4 Å². The molecule has 0 aromatic rings. The number of nitrogens with zero attached hydrogens (tertiary/aromatic N) is 4. The molecular weight excluding hydrogens is 240 g/mol. The van der Waals surface area contributed by atoms with Crippen LogP contribution in [0.3, 0.4) is 0 Å². The molecule has 0 radical (unpaired) electrons. The monoisotopic (exact) mass is 252 g/mol. The molecule has 0 aromatic carbocycles. The second-order valence-electron chi connectivity index (χ2n) is 4.14. The molecule has 0 spiro atoms. The predicted octanol–water partition coefficient (Wildman–Crippen LogP) is -3.94. The van der Waals surface area contributed by atoms with Crippen LogP contribution >= 0.6 is 0 Å². The van der Waals surface area contributed by atoms with Crippen LogP contribution in [0.1, 0.15) is 0 Å². The highest BCUT2D eigenvalue weighted by Crippen LogP contribution is 2.28. The SMILES string of the molecule is NC1=N[C@@H]2[C@@H](N1)N(C=O)[C@H]1NC(N)=N[C@@H]1N2C=O. The van der Waals surface area contributed by atoms with Crippen molar-refractivity contribution in [3.63, 3.8) is 0 Å². The van der Waals surface area contributed by atoms with Gasteiger partial charge in [-0.15, -0.1) is 0 Å².